The van der Waals surface area contributed by atoms with Crippen LogP contribution in [0.3, 0.4) is 0 Å². The summed E-state index contributed by atoms with van der Waals surface area (Å²) in [5.74, 6) is -0.0521. The molecule has 0 spiro atoms. The van der Waals surface area contributed by atoms with Gasteiger partial charge in [0, 0.05) is 31.9 Å². The van der Waals surface area contributed by atoms with Crippen molar-refractivity contribution in [3.05, 3.63) is 60.2 Å². The van der Waals surface area contributed by atoms with E-state index in [1.54, 1.807) is 30.3 Å². The molecule has 0 bridgehead atoms. The van der Waals surface area contributed by atoms with E-state index < -0.39 is 0 Å². The van der Waals surface area contributed by atoms with Gasteiger partial charge in [-0.15, -0.1) is 0 Å². The van der Waals surface area contributed by atoms with Crippen molar-refractivity contribution in [3.63, 3.8) is 0 Å². The molecule has 3 rings (SSSR count). The zero-order valence-electron chi connectivity index (χ0n) is 14.2. The molecule has 3 amide bonds. The normalized spacial score (nSPS) is 14.8. The van der Waals surface area contributed by atoms with Crippen molar-refractivity contribution in [3.8, 4) is 0 Å². The van der Waals surface area contributed by atoms with Gasteiger partial charge in [0.15, 0.2) is 0 Å². The first-order valence-electron chi connectivity index (χ1n) is 8.33. The van der Waals surface area contributed by atoms with Crippen molar-refractivity contribution in [2.45, 2.75) is 0 Å². The van der Waals surface area contributed by atoms with E-state index in [-0.39, 0.29) is 11.9 Å². The molecule has 0 atom stereocenters. The van der Waals surface area contributed by atoms with E-state index in [1.165, 1.54) is 0 Å². The van der Waals surface area contributed by atoms with Crippen LogP contribution >= 0.6 is 0 Å². The highest BCUT2D eigenvalue weighted by Gasteiger charge is 2.22. The lowest BCUT2D eigenvalue weighted by atomic mass is 10.1. The van der Waals surface area contributed by atoms with Gasteiger partial charge in [-0.05, 0) is 31.3 Å². The minimum Gasteiger partial charge on any atom is -0.336 e. The van der Waals surface area contributed by atoms with Crippen LogP contribution in [0.15, 0.2) is 54.6 Å². The number of amides is 3. The van der Waals surface area contributed by atoms with Gasteiger partial charge in [0.1, 0.15) is 0 Å². The molecule has 1 aliphatic heterocycles. The number of hydrogen-bond donors (Lipinski definition) is 2. The lowest BCUT2D eigenvalue weighted by molar-refractivity contribution is 0.0665. The van der Waals surface area contributed by atoms with Crippen molar-refractivity contribution < 1.29 is 9.59 Å². The maximum atomic E-state index is 12.8. The highest BCUT2D eigenvalue weighted by molar-refractivity contribution is 6.06. The van der Waals surface area contributed by atoms with Crippen molar-refractivity contribution in [1.29, 1.82) is 0 Å². The largest absolute Gasteiger partial charge is 0.336 e. The van der Waals surface area contributed by atoms with Crippen LogP contribution in [0.4, 0.5) is 16.2 Å². The molecule has 6 nitrogen and oxygen atoms in total. The van der Waals surface area contributed by atoms with E-state index in [0.717, 1.165) is 13.1 Å². The van der Waals surface area contributed by atoms with Gasteiger partial charge in [0.25, 0.3) is 5.91 Å². The average Bonchev–Trinajstić information content (AvgIpc) is 2.63. The molecule has 0 aromatic heterocycles. The third kappa shape index (κ3) is 4.36. The summed E-state index contributed by atoms with van der Waals surface area (Å²) in [5.41, 5.74) is 1.72. The molecule has 0 radical (unpaired) electrons. The minimum atomic E-state index is -0.371. The number of carbonyl (C=O) groups excluding carboxylic acids is 2. The molecular formula is C19H22N4O2. The maximum Gasteiger partial charge on any atom is 0.323 e. The first-order chi connectivity index (χ1) is 12.1. The summed E-state index contributed by atoms with van der Waals surface area (Å²) < 4.78 is 0. The smallest absolute Gasteiger partial charge is 0.323 e. The quantitative estimate of drug-likeness (QED) is 0.904. The SMILES string of the molecule is CN1CCN(C(=O)c2ccccc2NC(=O)Nc2ccccc2)CC1. The lowest BCUT2D eigenvalue weighted by Crippen LogP contribution is -2.47. The number of anilines is 2. The number of carbonyl (C=O) groups is 2. The molecule has 2 aromatic carbocycles. The molecule has 2 N–H and O–H groups in total. The number of benzene rings is 2. The van der Waals surface area contributed by atoms with Gasteiger partial charge in [0.05, 0.1) is 11.3 Å². The van der Waals surface area contributed by atoms with E-state index in [4.69, 9.17) is 0 Å². The number of nitrogens with one attached hydrogen (secondary N) is 2. The monoisotopic (exact) mass is 338 g/mol. The van der Waals surface area contributed by atoms with Crippen molar-refractivity contribution in [2.75, 3.05) is 43.9 Å². The predicted molar refractivity (Wildman–Crippen MR) is 98.9 cm³/mol. The third-order valence-electron chi connectivity index (χ3n) is 4.23. The molecule has 1 heterocycles. The summed E-state index contributed by atoms with van der Waals surface area (Å²) in [7, 11) is 2.05. The molecule has 25 heavy (non-hydrogen) atoms. The Balaban J connectivity index is 1.70. The standard InChI is InChI=1S/C19H22N4O2/c1-22-11-13-23(14-12-22)18(24)16-9-5-6-10-17(16)21-19(25)20-15-7-3-2-4-8-15/h2-10H,11-14H2,1H3,(H2,20,21,25). The first-order valence-corrected chi connectivity index (χ1v) is 8.33. The van der Waals surface area contributed by atoms with Crippen LogP contribution in [0.5, 0.6) is 0 Å². The van der Waals surface area contributed by atoms with Crippen molar-refractivity contribution in [1.82, 2.24) is 9.80 Å². The fourth-order valence-corrected chi connectivity index (χ4v) is 2.76. The van der Waals surface area contributed by atoms with Crippen molar-refractivity contribution >= 4 is 23.3 Å². The van der Waals surface area contributed by atoms with Crippen LogP contribution in [0.2, 0.25) is 0 Å². The number of urea groups is 1. The van der Waals surface area contributed by atoms with Crippen LogP contribution in [0, 0.1) is 0 Å². The molecule has 130 valence electrons. The third-order valence-corrected chi connectivity index (χ3v) is 4.23. The molecule has 2 aromatic rings. The second-order valence-electron chi connectivity index (χ2n) is 6.09. The molecule has 0 saturated carbocycles. The Morgan fingerprint density at radius 3 is 2.20 bits per heavy atom. The second kappa shape index (κ2) is 7.81. The van der Waals surface area contributed by atoms with Gasteiger partial charge >= 0.3 is 6.03 Å². The minimum absolute atomic E-state index is 0.0521. The van der Waals surface area contributed by atoms with E-state index in [1.807, 2.05) is 36.2 Å². The molecule has 1 aliphatic rings. The Hall–Kier alpha value is -2.86. The van der Waals surface area contributed by atoms with Gasteiger partial charge < -0.3 is 20.4 Å². The van der Waals surface area contributed by atoms with Gasteiger partial charge in [-0.2, -0.15) is 0 Å². The van der Waals surface area contributed by atoms with Crippen LogP contribution in [-0.2, 0) is 0 Å². The van der Waals surface area contributed by atoms with Crippen LogP contribution in [-0.4, -0.2) is 55.0 Å². The zero-order valence-corrected chi connectivity index (χ0v) is 14.2. The summed E-state index contributed by atoms with van der Waals surface area (Å²) >= 11 is 0. The lowest BCUT2D eigenvalue weighted by Gasteiger charge is -2.32. The van der Waals surface area contributed by atoms with Gasteiger partial charge in [-0.25, -0.2) is 4.79 Å². The molecule has 0 aliphatic carbocycles. The van der Waals surface area contributed by atoms with E-state index in [0.29, 0.717) is 30.0 Å². The molecular weight excluding hydrogens is 316 g/mol. The summed E-state index contributed by atoms with van der Waals surface area (Å²) in [5, 5.41) is 5.54. The molecule has 6 heteroatoms. The predicted octanol–water partition coefficient (Wildman–Crippen LogP) is 2.72. The van der Waals surface area contributed by atoms with Crippen LogP contribution in [0.1, 0.15) is 10.4 Å². The van der Waals surface area contributed by atoms with Crippen LogP contribution < -0.4 is 10.6 Å². The highest BCUT2D eigenvalue weighted by Crippen LogP contribution is 2.19. The number of para-hydroxylation sites is 2. The van der Waals surface area contributed by atoms with Gasteiger partial charge in [-0.1, -0.05) is 30.3 Å². The Morgan fingerprint density at radius 2 is 1.48 bits per heavy atom. The number of likely N-dealkylation sites (N-methyl/N-ethyl adjacent to an activating group) is 1. The topological polar surface area (TPSA) is 64.7 Å². The number of hydrogen-bond acceptors (Lipinski definition) is 3. The van der Waals surface area contributed by atoms with E-state index >= 15 is 0 Å². The van der Waals surface area contributed by atoms with E-state index in [9.17, 15) is 9.59 Å². The van der Waals surface area contributed by atoms with Gasteiger partial charge in [0.2, 0.25) is 0 Å². The summed E-state index contributed by atoms with van der Waals surface area (Å²) in [6.45, 7) is 3.10. The summed E-state index contributed by atoms with van der Waals surface area (Å²) in [6.07, 6.45) is 0. The number of piperazine rings is 1. The Labute approximate surface area is 147 Å². The fraction of sp³-hybridized carbons (Fsp3) is 0.263. The zero-order chi connectivity index (χ0) is 17.6. The first kappa shape index (κ1) is 17.0. The Bertz CT molecular complexity index is 740. The molecule has 1 saturated heterocycles. The average molecular weight is 338 g/mol. The number of rotatable bonds is 3. The Morgan fingerprint density at radius 1 is 0.840 bits per heavy atom. The molecule has 0 unspecified atom stereocenters. The van der Waals surface area contributed by atoms with E-state index in [2.05, 4.69) is 15.5 Å². The molecule has 1 fully saturated rings. The summed E-state index contributed by atoms with van der Waals surface area (Å²) in [4.78, 5) is 29.0. The maximum absolute atomic E-state index is 12.8. The Kier molecular flexibility index (Phi) is 5.30. The summed E-state index contributed by atoms with van der Waals surface area (Å²) in [6, 6.07) is 15.9. The second-order valence-corrected chi connectivity index (χ2v) is 6.09. The fourth-order valence-electron chi connectivity index (χ4n) is 2.76. The number of nitrogens with zero attached hydrogens (tertiary/aromatic N) is 2. The van der Waals surface area contributed by atoms with Crippen LogP contribution in [0.25, 0.3) is 0 Å². The highest BCUT2D eigenvalue weighted by atomic mass is 16.2. The van der Waals surface area contributed by atoms with Gasteiger partial charge in [-0.3, -0.25) is 4.79 Å². The van der Waals surface area contributed by atoms with Crippen molar-refractivity contribution in [2.24, 2.45) is 0 Å².